The van der Waals surface area contributed by atoms with Gasteiger partial charge in [-0.25, -0.2) is 8.42 Å². The maximum Gasteiger partial charge on any atom is 0.151 e. The highest BCUT2D eigenvalue weighted by molar-refractivity contribution is 14.1. The molecule has 0 aliphatic rings. The van der Waals surface area contributed by atoms with E-state index < -0.39 is 9.84 Å². The van der Waals surface area contributed by atoms with Crippen LogP contribution in [-0.4, -0.2) is 29.7 Å². The van der Waals surface area contributed by atoms with Crippen LogP contribution in [0.5, 0.6) is 0 Å². The lowest BCUT2D eigenvalue weighted by atomic mass is 10.1. The van der Waals surface area contributed by atoms with E-state index in [1.165, 1.54) is 0 Å². The van der Waals surface area contributed by atoms with Gasteiger partial charge in [0, 0.05) is 21.1 Å². The lowest BCUT2D eigenvalue weighted by molar-refractivity contribution is 0.582. The van der Waals surface area contributed by atoms with E-state index in [1.807, 2.05) is 30.5 Å². The third-order valence-corrected chi connectivity index (χ3v) is 5.51. The smallest absolute Gasteiger partial charge is 0.151 e. The number of nitrogens with zero attached hydrogens (tertiary/aromatic N) is 2. The van der Waals surface area contributed by atoms with Gasteiger partial charge in [0.2, 0.25) is 0 Å². The molecule has 0 unspecified atom stereocenters. The van der Waals surface area contributed by atoms with E-state index in [0.717, 1.165) is 14.7 Å². The Morgan fingerprint density at radius 2 is 2.05 bits per heavy atom. The Morgan fingerprint density at radius 1 is 1.32 bits per heavy atom. The topological polar surface area (TPSA) is 52.0 Å². The van der Waals surface area contributed by atoms with Crippen LogP contribution in [0, 0.1) is 3.57 Å². The molecule has 0 atom stereocenters. The summed E-state index contributed by atoms with van der Waals surface area (Å²) in [6.07, 6.45) is 3.67. The van der Waals surface area contributed by atoms with Gasteiger partial charge in [-0.05, 0) is 34.2 Å². The number of rotatable bonds is 5. The van der Waals surface area contributed by atoms with Crippen LogP contribution in [-0.2, 0) is 16.4 Å². The summed E-state index contributed by atoms with van der Waals surface area (Å²) >= 11 is 2.28. The molecule has 0 aliphatic carbocycles. The zero-order valence-corrected chi connectivity index (χ0v) is 13.6. The van der Waals surface area contributed by atoms with Crippen LogP contribution in [0.25, 0.3) is 11.1 Å². The SMILES string of the molecule is CCS(=O)(=O)CCn1cc(-c2ccccc2I)cn1. The van der Waals surface area contributed by atoms with Crippen LogP contribution in [0.1, 0.15) is 6.92 Å². The Balaban J connectivity index is 2.14. The Kier molecular flexibility index (Phi) is 4.62. The molecule has 19 heavy (non-hydrogen) atoms. The molecule has 0 amide bonds. The molecule has 2 rings (SSSR count). The van der Waals surface area contributed by atoms with Crippen molar-refractivity contribution in [2.45, 2.75) is 13.5 Å². The van der Waals surface area contributed by atoms with Crippen molar-refractivity contribution in [3.05, 3.63) is 40.2 Å². The van der Waals surface area contributed by atoms with E-state index >= 15 is 0 Å². The van der Waals surface area contributed by atoms with Crippen LogP contribution < -0.4 is 0 Å². The average molecular weight is 390 g/mol. The molecule has 0 radical (unpaired) electrons. The predicted octanol–water partition coefficient (Wildman–Crippen LogP) is 2.59. The number of halogens is 1. The second-order valence-corrected chi connectivity index (χ2v) is 7.84. The number of benzene rings is 1. The molecule has 0 bridgehead atoms. The molecule has 0 fully saturated rings. The number of aryl methyl sites for hydroxylation is 1. The molecule has 1 aromatic heterocycles. The summed E-state index contributed by atoms with van der Waals surface area (Å²) in [6.45, 7) is 2.07. The van der Waals surface area contributed by atoms with E-state index in [0.29, 0.717) is 6.54 Å². The molecule has 0 aliphatic heterocycles. The molecule has 0 N–H and O–H groups in total. The molecular formula is C13H15IN2O2S. The third-order valence-electron chi connectivity index (χ3n) is 2.89. The normalized spacial score (nSPS) is 11.7. The van der Waals surface area contributed by atoms with Gasteiger partial charge in [-0.2, -0.15) is 5.10 Å². The first-order valence-electron chi connectivity index (χ1n) is 5.99. The quantitative estimate of drug-likeness (QED) is 0.738. The lowest BCUT2D eigenvalue weighted by Crippen LogP contribution is -2.14. The summed E-state index contributed by atoms with van der Waals surface area (Å²) in [5.74, 6) is 0.314. The van der Waals surface area contributed by atoms with E-state index in [9.17, 15) is 8.42 Å². The van der Waals surface area contributed by atoms with Crippen molar-refractivity contribution in [1.82, 2.24) is 9.78 Å². The average Bonchev–Trinajstić information content (AvgIpc) is 2.86. The molecular weight excluding hydrogens is 375 g/mol. The van der Waals surface area contributed by atoms with E-state index in [4.69, 9.17) is 0 Å². The van der Waals surface area contributed by atoms with E-state index in [-0.39, 0.29) is 11.5 Å². The minimum atomic E-state index is -2.94. The van der Waals surface area contributed by atoms with Crippen molar-refractivity contribution in [3.8, 4) is 11.1 Å². The van der Waals surface area contributed by atoms with Gasteiger partial charge in [-0.15, -0.1) is 0 Å². The fraction of sp³-hybridized carbons (Fsp3) is 0.308. The van der Waals surface area contributed by atoms with Gasteiger partial charge in [-0.3, -0.25) is 4.68 Å². The van der Waals surface area contributed by atoms with E-state index in [1.54, 1.807) is 17.8 Å². The van der Waals surface area contributed by atoms with Crippen molar-refractivity contribution in [3.63, 3.8) is 0 Å². The Morgan fingerprint density at radius 3 is 2.74 bits per heavy atom. The molecule has 1 aromatic carbocycles. The summed E-state index contributed by atoms with van der Waals surface area (Å²) in [5.41, 5.74) is 2.13. The maximum atomic E-state index is 11.5. The van der Waals surface area contributed by atoms with Crippen molar-refractivity contribution >= 4 is 32.4 Å². The largest absolute Gasteiger partial charge is 0.271 e. The first-order valence-corrected chi connectivity index (χ1v) is 8.89. The highest BCUT2D eigenvalue weighted by atomic mass is 127. The van der Waals surface area contributed by atoms with Crippen molar-refractivity contribution in [2.24, 2.45) is 0 Å². The van der Waals surface area contributed by atoms with Crippen molar-refractivity contribution in [1.29, 1.82) is 0 Å². The highest BCUT2D eigenvalue weighted by Gasteiger charge is 2.09. The lowest BCUT2D eigenvalue weighted by Gasteiger charge is -2.02. The van der Waals surface area contributed by atoms with Gasteiger partial charge in [-0.1, -0.05) is 25.1 Å². The molecule has 0 saturated heterocycles. The Bertz CT molecular complexity index is 665. The summed E-state index contributed by atoms with van der Waals surface area (Å²) in [5, 5.41) is 4.22. The standard InChI is InChI=1S/C13H15IN2O2S/c1-2-19(17,18)8-7-16-10-11(9-15-16)12-5-3-4-6-13(12)14/h3-6,9-10H,2,7-8H2,1H3. The van der Waals surface area contributed by atoms with Gasteiger partial charge in [0.1, 0.15) is 0 Å². The number of aromatic nitrogens is 2. The molecule has 2 aromatic rings. The van der Waals surface area contributed by atoms with Gasteiger partial charge in [0.25, 0.3) is 0 Å². The molecule has 102 valence electrons. The van der Waals surface area contributed by atoms with E-state index in [2.05, 4.69) is 27.7 Å². The fourth-order valence-electron chi connectivity index (χ4n) is 1.70. The number of sulfone groups is 1. The van der Waals surface area contributed by atoms with Gasteiger partial charge >= 0.3 is 0 Å². The summed E-state index contributed by atoms with van der Waals surface area (Å²) < 4.78 is 25.8. The fourth-order valence-corrected chi connectivity index (χ4v) is 3.15. The monoisotopic (exact) mass is 390 g/mol. The second kappa shape index (κ2) is 6.04. The first-order chi connectivity index (χ1) is 9.02. The minimum absolute atomic E-state index is 0.135. The summed E-state index contributed by atoms with van der Waals surface area (Å²) in [6, 6.07) is 8.04. The van der Waals surface area contributed by atoms with Crippen LogP contribution >= 0.6 is 22.6 Å². The summed E-state index contributed by atoms with van der Waals surface area (Å²) in [7, 11) is -2.94. The third kappa shape index (κ3) is 3.79. The Labute approximate surface area is 126 Å². The van der Waals surface area contributed by atoms with Crippen LogP contribution in [0.4, 0.5) is 0 Å². The van der Waals surface area contributed by atoms with Crippen LogP contribution in [0.15, 0.2) is 36.7 Å². The molecule has 0 spiro atoms. The van der Waals surface area contributed by atoms with Gasteiger partial charge in [0.05, 0.1) is 18.5 Å². The zero-order valence-electron chi connectivity index (χ0n) is 10.6. The number of hydrogen-bond acceptors (Lipinski definition) is 3. The highest BCUT2D eigenvalue weighted by Crippen LogP contribution is 2.24. The maximum absolute atomic E-state index is 11.5. The second-order valence-electron chi connectivity index (χ2n) is 4.21. The number of hydrogen-bond donors (Lipinski definition) is 0. The Hall–Kier alpha value is -0.890. The first kappa shape index (κ1) is 14.5. The van der Waals surface area contributed by atoms with Gasteiger partial charge in [0.15, 0.2) is 9.84 Å². The zero-order chi connectivity index (χ0) is 13.9. The van der Waals surface area contributed by atoms with Crippen molar-refractivity contribution in [2.75, 3.05) is 11.5 Å². The van der Waals surface area contributed by atoms with Gasteiger partial charge < -0.3 is 0 Å². The van der Waals surface area contributed by atoms with Crippen LogP contribution in [0.3, 0.4) is 0 Å². The predicted molar refractivity (Wildman–Crippen MR) is 84.7 cm³/mol. The van der Waals surface area contributed by atoms with Crippen molar-refractivity contribution < 1.29 is 8.42 Å². The minimum Gasteiger partial charge on any atom is -0.271 e. The molecule has 1 heterocycles. The molecule has 6 heteroatoms. The summed E-state index contributed by atoms with van der Waals surface area (Å²) in [4.78, 5) is 0. The molecule has 4 nitrogen and oxygen atoms in total. The van der Waals surface area contributed by atoms with Crippen LogP contribution in [0.2, 0.25) is 0 Å². The molecule has 0 saturated carbocycles.